The maximum Gasteiger partial charge on any atom is 0.192 e. The molecule has 0 unspecified atom stereocenters. The van der Waals surface area contributed by atoms with Crippen LogP contribution in [0, 0.1) is 10.8 Å². The van der Waals surface area contributed by atoms with E-state index in [-0.39, 0.29) is 10.5 Å². The molecule has 0 radical (unpaired) electrons. The molecule has 4 heteroatoms. The van der Waals surface area contributed by atoms with Crippen molar-refractivity contribution in [2.45, 2.75) is 104 Å². The van der Waals surface area contributed by atoms with Crippen LogP contribution in [0.5, 0.6) is 0 Å². The van der Waals surface area contributed by atoms with E-state index >= 15 is 0 Å². The van der Waals surface area contributed by atoms with Gasteiger partial charge in [0.15, 0.2) is 8.32 Å². The average molecular weight is 369 g/mol. The Morgan fingerprint density at radius 2 is 1.72 bits per heavy atom. The monoisotopic (exact) mass is 368 g/mol. The predicted molar refractivity (Wildman–Crippen MR) is 107 cm³/mol. The molecular weight excluding hydrogens is 328 g/mol. The Morgan fingerprint density at radius 1 is 1.16 bits per heavy atom. The van der Waals surface area contributed by atoms with Crippen molar-refractivity contribution >= 4 is 8.32 Å². The van der Waals surface area contributed by atoms with Crippen molar-refractivity contribution in [1.29, 1.82) is 0 Å². The highest BCUT2D eigenvalue weighted by Crippen LogP contribution is 2.62. The molecule has 25 heavy (non-hydrogen) atoms. The summed E-state index contributed by atoms with van der Waals surface area (Å²) in [4.78, 5) is 0. The summed E-state index contributed by atoms with van der Waals surface area (Å²) in [5.41, 5.74) is 0.723. The van der Waals surface area contributed by atoms with Gasteiger partial charge in [0.2, 0.25) is 0 Å². The number of hydrogen-bond acceptors (Lipinski definition) is 3. The van der Waals surface area contributed by atoms with E-state index in [1.54, 1.807) is 0 Å². The number of aliphatic hydroxyl groups excluding tert-OH is 1. The Morgan fingerprint density at radius 3 is 2.24 bits per heavy atom. The maximum atomic E-state index is 11.8. The molecule has 0 saturated heterocycles. The highest BCUT2D eigenvalue weighted by molar-refractivity contribution is 6.74. The van der Waals surface area contributed by atoms with Gasteiger partial charge in [0.1, 0.15) is 0 Å². The smallest absolute Gasteiger partial charge is 0.192 e. The summed E-state index contributed by atoms with van der Waals surface area (Å²) in [7, 11) is -1.89. The van der Waals surface area contributed by atoms with Crippen molar-refractivity contribution in [2.24, 2.45) is 10.8 Å². The zero-order valence-corrected chi connectivity index (χ0v) is 18.9. The topological polar surface area (TPSA) is 49.7 Å². The SMILES string of the molecule is CC1=C(CO[Si](C)(C)C(C)(C)C)[C@@]2(C)[C@@H](O)CCC(C)(C)[C@]2(O)CC1. The number of allylic oxidation sites excluding steroid dienone is 1. The van der Waals surface area contributed by atoms with Crippen LogP contribution in [0.4, 0.5) is 0 Å². The van der Waals surface area contributed by atoms with E-state index in [4.69, 9.17) is 4.43 Å². The fourth-order valence-corrected chi connectivity index (χ4v) is 5.66. The summed E-state index contributed by atoms with van der Waals surface area (Å²) < 4.78 is 6.54. The number of hydrogen-bond donors (Lipinski definition) is 2. The van der Waals surface area contributed by atoms with Crippen LogP contribution >= 0.6 is 0 Å². The fourth-order valence-electron chi connectivity index (χ4n) is 4.73. The fraction of sp³-hybridized carbons (Fsp3) is 0.905. The molecule has 2 N–H and O–H groups in total. The zero-order chi connectivity index (χ0) is 19.5. The summed E-state index contributed by atoms with van der Waals surface area (Å²) in [5.74, 6) is 0. The van der Waals surface area contributed by atoms with Crippen LogP contribution in [0.2, 0.25) is 18.1 Å². The van der Waals surface area contributed by atoms with E-state index in [9.17, 15) is 10.2 Å². The molecule has 3 atom stereocenters. The standard InChI is InChI=1S/C21H40O3Si/c1-15-10-13-21(23)19(5,6)12-11-17(22)20(21,7)16(15)14-24-25(8,9)18(2,3)4/h17,22-23H,10-14H2,1-9H3/t17-,20-,21+/m0/s1. The van der Waals surface area contributed by atoms with E-state index in [2.05, 4.69) is 61.6 Å². The van der Waals surface area contributed by atoms with E-state index in [0.29, 0.717) is 6.61 Å². The van der Waals surface area contributed by atoms with Crippen LogP contribution < -0.4 is 0 Å². The molecule has 0 spiro atoms. The maximum absolute atomic E-state index is 11.8. The van der Waals surface area contributed by atoms with Gasteiger partial charge in [0.25, 0.3) is 0 Å². The molecule has 0 aromatic carbocycles. The number of aliphatic hydroxyl groups is 2. The molecule has 0 amide bonds. The van der Waals surface area contributed by atoms with E-state index in [0.717, 1.165) is 31.3 Å². The first-order valence-electron chi connectivity index (χ1n) is 9.84. The first kappa shape index (κ1) is 21.1. The molecule has 146 valence electrons. The Kier molecular flexibility index (Phi) is 5.23. The lowest BCUT2D eigenvalue weighted by molar-refractivity contribution is -0.219. The van der Waals surface area contributed by atoms with Gasteiger partial charge in [-0.2, -0.15) is 0 Å². The van der Waals surface area contributed by atoms with Gasteiger partial charge < -0.3 is 14.6 Å². The second kappa shape index (κ2) is 6.18. The van der Waals surface area contributed by atoms with Crippen molar-refractivity contribution in [3.05, 3.63) is 11.1 Å². The minimum Gasteiger partial charge on any atom is -0.413 e. The van der Waals surface area contributed by atoms with Gasteiger partial charge in [-0.05, 0) is 61.7 Å². The molecule has 1 fully saturated rings. The van der Waals surface area contributed by atoms with Crippen LogP contribution in [0.1, 0.15) is 74.1 Å². The predicted octanol–water partition coefficient (Wildman–Crippen LogP) is 5.04. The highest BCUT2D eigenvalue weighted by Gasteiger charge is 2.64. The summed E-state index contributed by atoms with van der Waals surface area (Å²) in [5, 5.41) is 22.9. The molecule has 1 saturated carbocycles. The summed E-state index contributed by atoms with van der Waals surface area (Å²) in [6.07, 6.45) is 2.69. The van der Waals surface area contributed by atoms with E-state index < -0.39 is 25.4 Å². The van der Waals surface area contributed by atoms with Crippen molar-refractivity contribution < 1.29 is 14.6 Å². The van der Waals surface area contributed by atoms with Gasteiger partial charge >= 0.3 is 0 Å². The van der Waals surface area contributed by atoms with Crippen molar-refractivity contribution in [3.63, 3.8) is 0 Å². The lowest BCUT2D eigenvalue weighted by Crippen LogP contribution is -2.67. The zero-order valence-electron chi connectivity index (χ0n) is 17.9. The van der Waals surface area contributed by atoms with Gasteiger partial charge in [-0.3, -0.25) is 0 Å². The molecule has 0 bridgehead atoms. The molecule has 2 aliphatic carbocycles. The first-order chi connectivity index (χ1) is 11.1. The Labute approximate surface area is 156 Å². The quantitative estimate of drug-likeness (QED) is 0.542. The Hall–Kier alpha value is -0.163. The minimum absolute atomic E-state index is 0.151. The molecule has 2 rings (SSSR count). The van der Waals surface area contributed by atoms with Gasteiger partial charge in [-0.15, -0.1) is 0 Å². The lowest BCUT2D eigenvalue weighted by atomic mass is 9.46. The molecule has 0 aromatic heterocycles. The second-order valence-corrected chi connectivity index (χ2v) is 15.6. The first-order valence-corrected chi connectivity index (χ1v) is 12.7. The normalized spacial score (nSPS) is 36.4. The van der Waals surface area contributed by atoms with Crippen molar-refractivity contribution in [1.82, 2.24) is 0 Å². The van der Waals surface area contributed by atoms with Gasteiger partial charge in [0, 0.05) is 5.41 Å². The lowest BCUT2D eigenvalue weighted by Gasteiger charge is -2.62. The van der Waals surface area contributed by atoms with Crippen LogP contribution in [0.3, 0.4) is 0 Å². The van der Waals surface area contributed by atoms with E-state index in [1.807, 2.05) is 0 Å². The van der Waals surface area contributed by atoms with Crippen molar-refractivity contribution in [3.8, 4) is 0 Å². The summed E-state index contributed by atoms with van der Waals surface area (Å²) in [6.45, 7) is 20.4. The van der Waals surface area contributed by atoms with E-state index in [1.165, 1.54) is 5.57 Å². The largest absolute Gasteiger partial charge is 0.413 e. The molecule has 0 aliphatic heterocycles. The highest BCUT2D eigenvalue weighted by atomic mass is 28.4. The van der Waals surface area contributed by atoms with Gasteiger partial charge in [-0.25, -0.2) is 0 Å². The molecule has 0 heterocycles. The van der Waals surface area contributed by atoms with Crippen LogP contribution in [0.15, 0.2) is 11.1 Å². The van der Waals surface area contributed by atoms with Crippen molar-refractivity contribution in [2.75, 3.05) is 6.61 Å². The molecular formula is C21H40O3Si. The molecule has 0 aromatic rings. The second-order valence-electron chi connectivity index (χ2n) is 10.8. The minimum atomic E-state index is -1.89. The van der Waals surface area contributed by atoms with Crippen LogP contribution in [0.25, 0.3) is 0 Å². The number of rotatable bonds is 3. The van der Waals surface area contributed by atoms with Crippen LogP contribution in [-0.2, 0) is 4.43 Å². The molecule has 2 aliphatic rings. The summed E-state index contributed by atoms with van der Waals surface area (Å²) >= 11 is 0. The Balaban J connectivity index is 2.43. The molecule has 3 nitrogen and oxygen atoms in total. The average Bonchev–Trinajstić information content (AvgIpc) is 2.46. The third-order valence-electron chi connectivity index (χ3n) is 8.08. The van der Waals surface area contributed by atoms with Gasteiger partial charge in [0.05, 0.1) is 18.3 Å². The van der Waals surface area contributed by atoms with Gasteiger partial charge in [-0.1, -0.05) is 47.1 Å². The third kappa shape index (κ3) is 3.07. The van der Waals surface area contributed by atoms with Crippen LogP contribution in [-0.4, -0.2) is 36.8 Å². The summed E-state index contributed by atoms with van der Waals surface area (Å²) in [6, 6.07) is 0. The number of fused-ring (bicyclic) bond motifs is 1. The third-order valence-corrected chi connectivity index (χ3v) is 12.6. The Bertz CT molecular complexity index is 558.